The first-order valence-corrected chi connectivity index (χ1v) is 12.1. The van der Waals surface area contributed by atoms with Gasteiger partial charge in [0, 0.05) is 17.8 Å². The van der Waals surface area contributed by atoms with Gasteiger partial charge in [0.2, 0.25) is 6.79 Å². The van der Waals surface area contributed by atoms with E-state index in [1.165, 1.54) is 24.3 Å². The summed E-state index contributed by atoms with van der Waals surface area (Å²) in [7, 11) is -4.02. The molecule has 2 N–H and O–H groups in total. The first kappa shape index (κ1) is 23.2. The molecule has 3 aromatic carbocycles. The van der Waals surface area contributed by atoms with E-state index >= 15 is 0 Å². The normalized spacial score (nSPS) is 12.2. The molecule has 0 aliphatic carbocycles. The third kappa shape index (κ3) is 5.01. The molecule has 1 aliphatic rings. The van der Waals surface area contributed by atoms with Gasteiger partial charge in [0.15, 0.2) is 23.0 Å². The number of benzene rings is 3. The number of carbonyl (C=O) groups excluding carboxylic acids is 1. The van der Waals surface area contributed by atoms with Crippen molar-refractivity contribution in [1.29, 1.82) is 0 Å². The largest absolute Gasteiger partial charge is 0.490 e. The fourth-order valence-electron chi connectivity index (χ4n) is 3.35. The van der Waals surface area contributed by atoms with Crippen LogP contribution in [0.1, 0.15) is 24.2 Å². The van der Waals surface area contributed by atoms with E-state index in [1.807, 2.05) is 6.92 Å². The van der Waals surface area contributed by atoms with Crippen molar-refractivity contribution in [2.24, 2.45) is 0 Å². The molecule has 0 radical (unpaired) electrons. The number of rotatable bonds is 9. The average molecular weight is 485 g/mol. The molecule has 3 aromatic rings. The Hall–Kier alpha value is -3.92. The third-order valence-corrected chi connectivity index (χ3v) is 6.23. The second-order valence-corrected chi connectivity index (χ2v) is 8.83. The van der Waals surface area contributed by atoms with Crippen LogP contribution in [0.4, 0.5) is 11.4 Å². The van der Waals surface area contributed by atoms with Gasteiger partial charge in [0.1, 0.15) is 0 Å². The van der Waals surface area contributed by atoms with Crippen LogP contribution >= 0.6 is 0 Å². The van der Waals surface area contributed by atoms with E-state index in [4.69, 9.17) is 18.9 Å². The number of fused-ring (bicyclic) bond motifs is 1. The molecule has 1 amide bonds. The van der Waals surface area contributed by atoms with Gasteiger partial charge in [-0.3, -0.25) is 9.52 Å². The SMILES string of the molecule is CCOc1ccc(S(=O)(=O)Nc2ccccc2C(=O)Nc2ccc3c(c2)OCO3)cc1OCC. The molecule has 0 atom stereocenters. The predicted octanol–water partition coefficient (Wildman–Crippen LogP) is 4.27. The Morgan fingerprint density at radius 1 is 0.912 bits per heavy atom. The minimum absolute atomic E-state index is 0.0228. The highest BCUT2D eigenvalue weighted by molar-refractivity contribution is 7.92. The summed E-state index contributed by atoms with van der Waals surface area (Å²) in [5.41, 5.74) is 0.770. The van der Waals surface area contributed by atoms with Crippen molar-refractivity contribution in [1.82, 2.24) is 0 Å². The van der Waals surface area contributed by atoms with Crippen molar-refractivity contribution in [2.75, 3.05) is 30.0 Å². The lowest BCUT2D eigenvalue weighted by Crippen LogP contribution is -2.18. The highest BCUT2D eigenvalue weighted by atomic mass is 32.2. The van der Waals surface area contributed by atoms with Gasteiger partial charge in [-0.05, 0) is 50.2 Å². The summed E-state index contributed by atoms with van der Waals surface area (Å²) in [4.78, 5) is 12.9. The number of nitrogens with one attached hydrogen (secondary N) is 2. The summed E-state index contributed by atoms with van der Waals surface area (Å²) >= 11 is 0. The second kappa shape index (κ2) is 9.92. The molecular formula is C24H24N2O7S. The van der Waals surface area contributed by atoms with E-state index in [0.29, 0.717) is 41.9 Å². The van der Waals surface area contributed by atoms with Crippen LogP contribution < -0.4 is 29.0 Å². The zero-order valence-electron chi connectivity index (χ0n) is 18.7. The van der Waals surface area contributed by atoms with Crippen LogP contribution in [0.15, 0.2) is 65.6 Å². The van der Waals surface area contributed by atoms with Crippen molar-refractivity contribution >= 4 is 27.3 Å². The molecule has 34 heavy (non-hydrogen) atoms. The van der Waals surface area contributed by atoms with Crippen LogP contribution in [0.5, 0.6) is 23.0 Å². The quantitative estimate of drug-likeness (QED) is 0.467. The molecule has 0 fully saturated rings. The topological polar surface area (TPSA) is 112 Å². The van der Waals surface area contributed by atoms with Crippen molar-refractivity contribution in [3.63, 3.8) is 0 Å². The van der Waals surface area contributed by atoms with Crippen LogP contribution in [0, 0.1) is 0 Å². The Bertz CT molecular complexity index is 1310. The highest BCUT2D eigenvalue weighted by Crippen LogP contribution is 2.35. The van der Waals surface area contributed by atoms with Gasteiger partial charge in [-0.2, -0.15) is 0 Å². The average Bonchev–Trinajstić information content (AvgIpc) is 3.28. The monoisotopic (exact) mass is 484 g/mol. The van der Waals surface area contributed by atoms with Gasteiger partial charge in [0.05, 0.1) is 29.4 Å². The van der Waals surface area contributed by atoms with Crippen LogP contribution in [-0.4, -0.2) is 34.3 Å². The maximum absolute atomic E-state index is 13.1. The van der Waals surface area contributed by atoms with E-state index in [1.54, 1.807) is 43.3 Å². The Morgan fingerprint density at radius 2 is 1.65 bits per heavy atom. The van der Waals surface area contributed by atoms with Crippen LogP contribution in [0.3, 0.4) is 0 Å². The molecule has 0 aromatic heterocycles. The van der Waals surface area contributed by atoms with E-state index in [9.17, 15) is 13.2 Å². The van der Waals surface area contributed by atoms with Crippen LogP contribution in [0.2, 0.25) is 0 Å². The van der Waals surface area contributed by atoms with Gasteiger partial charge in [-0.25, -0.2) is 8.42 Å². The van der Waals surface area contributed by atoms with E-state index in [0.717, 1.165) is 0 Å². The molecular weight excluding hydrogens is 460 g/mol. The molecule has 4 rings (SSSR count). The van der Waals surface area contributed by atoms with Crippen molar-refractivity contribution in [3.8, 4) is 23.0 Å². The van der Waals surface area contributed by atoms with Crippen molar-refractivity contribution in [3.05, 3.63) is 66.2 Å². The third-order valence-electron chi connectivity index (χ3n) is 4.87. The fraction of sp³-hybridized carbons (Fsp3) is 0.208. The highest BCUT2D eigenvalue weighted by Gasteiger charge is 2.21. The zero-order chi connectivity index (χ0) is 24.1. The number of para-hydroxylation sites is 1. The molecule has 0 saturated carbocycles. The van der Waals surface area contributed by atoms with E-state index in [2.05, 4.69) is 10.0 Å². The Balaban J connectivity index is 1.57. The molecule has 178 valence electrons. The maximum Gasteiger partial charge on any atom is 0.262 e. The molecule has 0 saturated heterocycles. The predicted molar refractivity (Wildman–Crippen MR) is 127 cm³/mol. The molecule has 0 spiro atoms. The van der Waals surface area contributed by atoms with E-state index < -0.39 is 15.9 Å². The summed E-state index contributed by atoms with van der Waals surface area (Å²) in [6.45, 7) is 4.50. The summed E-state index contributed by atoms with van der Waals surface area (Å²) in [6, 6.07) is 15.7. The lowest BCUT2D eigenvalue weighted by atomic mass is 10.1. The number of ether oxygens (including phenoxy) is 4. The summed E-state index contributed by atoms with van der Waals surface area (Å²) in [6.07, 6.45) is 0. The second-order valence-electron chi connectivity index (χ2n) is 7.15. The summed E-state index contributed by atoms with van der Waals surface area (Å²) in [5, 5.41) is 2.76. The Kier molecular flexibility index (Phi) is 6.78. The molecule has 0 unspecified atom stereocenters. The lowest BCUT2D eigenvalue weighted by Gasteiger charge is -2.15. The first-order chi connectivity index (χ1) is 16.4. The van der Waals surface area contributed by atoms with Gasteiger partial charge in [0.25, 0.3) is 15.9 Å². The number of sulfonamides is 1. The standard InChI is InChI=1S/C24H24N2O7S/c1-3-30-20-12-10-17(14-23(20)31-4-2)34(28,29)26-19-8-6-5-7-18(19)24(27)25-16-9-11-21-22(13-16)33-15-32-21/h5-14,26H,3-4,15H2,1-2H3,(H,25,27). The maximum atomic E-state index is 13.1. The first-order valence-electron chi connectivity index (χ1n) is 10.6. The zero-order valence-corrected chi connectivity index (χ0v) is 19.5. The smallest absolute Gasteiger partial charge is 0.262 e. The Morgan fingerprint density at radius 3 is 2.44 bits per heavy atom. The number of amides is 1. The molecule has 0 bridgehead atoms. The summed E-state index contributed by atoms with van der Waals surface area (Å²) in [5.74, 6) is 1.40. The van der Waals surface area contributed by atoms with Gasteiger partial charge < -0.3 is 24.3 Å². The minimum atomic E-state index is -4.02. The van der Waals surface area contributed by atoms with Gasteiger partial charge in [-0.1, -0.05) is 12.1 Å². The number of hydrogen-bond donors (Lipinski definition) is 2. The number of hydrogen-bond acceptors (Lipinski definition) is 7. The Labute approximate surface area is 197 Å². The van der Waals surface area contributed by atoms with Crippen molar-refractivity contribution < 1.29 is 32.2 Å². The molecule has 10 heteroatoms. The number of anilines is 2. The van der Waals surface area contributed by atoms with Crippen LogP contribution in [0.25, 0.3) is 0 Å². The molecule has 9 nitrogen and oxygen atoms in total. The number of carbonyl (C=O) groups is 1. The van der Waals surface area contributed by atoms with Crippen molar-refractivity contribution in [2.45, 2.75) is 18.7 Å². The lowest BCUT2D eigenvalue weighted by molar-refractivity contribution is 0.102. The van der Waals surface area contributed by atoms with Gasteiger partial charge >= 0.3 is 0 Å². The molecule has 1 aliphatic heterocycles. The minimum Gasteiger partial charge on any atom is -0.490 e. The van der Waals surface area contributed by atoms with E-state index in [-0.39, 0.29) is 22.9 Å². The molecule has 1 heterocycles. The van der Waals surface area contributed by atoms with Gasteiger partial charge in [-0.15, -0.1) is 0 Å². The van der Waals surface area contributed by atoms with Crippen LogP contribution in [-0.2, 0) is 10.0 Å². The fourth-order valence-corrected chi connectivity index (χ4v) is 4.44. The summed E-state index contributed by atoms with van der Waals surface area (Å²) < 4.78 is 50.4.